The Morgan fingerprint density at radius 2 is 1.84 bits per heavy atom. The number of phenols is 1. The molecule has 1 atom stereocenters. The zero-order valence-electron chi connectivity index (χ0n) is 17.1. The van der Waals surface area contributed by atoms with Gasteiger partial charge in [-0.2, -0.15) is 0 Å². The molecule has 4 rings (SSSR count). The number of rotatable bonds is 6. The van der Waals surface area contributed by atoms with E-state index in [1.807, 2.05) is 0 Å². The number of pyridine rings is 1. The first-order chi connectivity index (χ1) is 15.1. The topological polar surface area (TPSA) is 103 Å². The molecule has 0 spiro atoms. The van der Waals surface area contributed by atoms with Gasteiger partial charge in [-0.1, -0.05) is 12.1 Å². The van der Waals surface area contributed by atoms with Crippen molar-refractivity contribution in [3.05, 3.63) is 65.5 Å². The van der Waals surface area contributed by atoms with Crippen LogP contribution in [0.1, 0.15) is 23.6 Å². The van der Waals surface area contributed by atoms with E-state index in [2.05, 4.69) is 9.88 Å². The minimum Gasteiger partial charge on any atom is -0.508 e. The summed E-state index contributed by atoms with van der Waals surface area (Å²) in [4.78, 5) is 33.6. The number of ketones is 1. The minimum atomic E-state index is -0.773. The van der Waals surface area contributed by atoms with Crippen molar-refractivity contribution in [1.82, 2.24) is 14.8 Å². The molecule has 0 saturated carbocycles. The van der Waals surface area contributed by atoms with Crippen LogP contribution in [-0.2, 0) is 14.3 Å². The van der Waals surface area contributed by atoms with Crippen molar-refractivity contribution in [2.45, 2.75) is 12.5 Å². The molecule has 31 heavy (non-hydrogen) atoms. The fraction of sp³-hybridized carbons (Fsp3) is 0.348. The highest BCUT2D eigenvalue weighted by Crippen LogP contribution is 2.40. The van der Waals surface area contributed by atoms with E-state index in [9.17, 15) is 19.8 Å². The second-order valence-corrected chi connectivity index (χ2v) is 7.63. The molecule has 8 heteroatoms. The zero-order valence-corrected chi connectivity index (χ0v) is 17.1. The summed E-state index contributed by atoms with van der Waals surface area (Å²) in [6.07, 6.45) is 3.70. The molecular formula is C23H25N3O5. The maximum Gasteiger partial charge on any atom is 0.295 e. The molecule has 2 N–H and O–H groups in total. The first-order valence-electron chi connectivity index (χ1n) is 10.3. The van der Waals surface area contributed by atoms with Crippen molar-refractivity contribution < 1.29 is 24.5 Å². The number of Topliss-reactive ketones (excluding diaryl/α,β-unsaturated/α-hetero) is 1. The molecule has 1 aromatic carbocycles. The van der Waals surface area contributed by atoms with Crippen molar-refractivity contribution >= 4 is 17.4 Å². The Morgan fingerprint density at radius 3 is 2.55 bits per heavy atom. The summed E-state index contributed by atoms with van der Waals surface area (Å²) < 4.78 is 5.37. The number of hydrogen-bond acceptors (Lipinski definition) is 7. The number of aromatic nitrogens is 1. The Morgan fingerprint density at radius 1 is 1.10 bits per heavy atom. The van der Waals surface area contributed by atoms with Crippen LogP contribution < -0.4 is 0 Å². The van der Waals surface area contributed by atoms with Gasteiger partial charge in [-0.25, -0.2) is 0 Å². The predicted octanol–water partition coefficient (Wildman–Crippen LogP) is 1.93. The molecule has 8 nitrogen and oxygen atoms in total. The third-order valence-corrected chi connectivity index (χ3v) is 5.66. The molecule has 1 aromatic heterocycles. The summed E-state index contributed by atoms with van der Waals surface area (Å²) in [5.74, 6) is -1.59. The van der Waals surface area contributed by atoms with Crippen LogP contribution in [0.15, 0.2) is 54.4 Å². The quantitative estimate of drug-likeness (QED) is 0.416. The van der Waals surface area contributed by atoms with E-state index >= 15 is 0 Å². The zero-order chi connectivity index (χ0) is 21.8. The number of carbonyl (C=O) groups is 2. The second kappa shape index (κ2) is 9.28. The van der Waals surface area contributed by atoms with E-state index in [-0.39, 0.29) is 17.1 Å². The number of ether oxygens (including phenoxy) is 1. The molecule has 0 radical (unpaired) electrons. The molecule has 2 saturated heterocycles. The van der Waals surface area contributed by atoms with Crippen molar-refractivity contribution in [3.63, 3.8) is 0 Å². The number of aromatic hydroxyl groups is 1. The van der Waals surface area contributed by atoms with Crippen LogP contribution in [0, 0.1) is 0 Å². The van der Waals surface area contributed by atoms with Gasteiger partial charge in [-0.15, -0.1) is 0 Å². The van der Waals surface area contributed by atoms with E-state index in [0.717, 1.165) is 19.6 Å². The average Bonchev–Trinajstić information content (AvgIpc) is 3.05. The maximum absolute atomic E-state index is 12.9. The Hall–Kier alpha value is -3.23. The molecular weight excluding hydrogens is 398 g/mol. The molecule has 1 amide bonds. The summed E-state index contributed by atoms with van der Waals surface area (Å²) in [5.41, 5.74) is 1.00. The summed E-state index contributed by atoms with van der Waals surface area (Å²) >= 11 is 0. The van der Waals surface area contributed by atoms with Crippen molar-refractivity contribution in [3.8, 4) is 5.75 Å². The van der Waals surface area contributed by atoms with Crippen LogP contribution >= 0.6 is 0 Å². The van der Waals surface area contributed by atoms with E-state index in [1.165, 1.54) is 29.4 Å². The van der Waals surface area contributed by atoms with Gasteiger partial charge < -0.3 is 19.8 Å². The molecule has 2 aliphatic heterocycles. The fourth-order valence-electron chi connectivity index (χ4n) is 4.11. The molecule has 1 unspecified atom stereocenters. The highest BCUT2D eigenvalue weighted by molar-refractivity contribution is 6.46. The number of nitrogens with zero attached hydrogens (tertiary/aromatic N) is 3. The van der Waals surface area contributed by atoms with Crippen LogP contribution in [0.5, 0.6) is 5.75 Å². The number of carbonyl (C=O) groups excluding carboxylic acids is 2. The van der Waals surface area contributed by atoms with Gasteiger partial charge in [0.1, 0.15) is 11.5 Å². The summed E-state index contributed by atoms with van der Waals surface area (Å²) in [6, 6.07) is 8.84. The van der Waals surface area contributed by atoms with Gasteiger partial charge in [0, 0.05) is 44.1 Å². The van der Waals surface area contributed by atoms with E-state index in [1.54, 1.807) is 24.3 Å². The average molecular weight is 423 g/mol. The van der Waals surface area contributed by atoms with Crippen LogP contribution in [-0.4, -0.2) is 76.1 Å². The maximum atomic E-state index is 12.9. The van der Waals surface area contributed by atoms with Crippen LogP contribution in [0.2, 0.25) is 0 Å². The molecule has 0 aliphatic carbocycles. The van der Waals surface area contributed by atoms with Gasteiger partial charge in [-0.05, 0) is 36.2 Å². The summed E-state index contributed by atoms with van der Waals surface area (Å²) in [7, 11) is 0. The Balaban J connectivity index is 1.66. The van der Waals surface area contributed by atoms with Crippen molar-refractivity contribution in [2.24, 2.45) is 0 Å². The van der Waals surface area contributed by atoms with Crippen LogP contribution in [0.25, 0.3) is 5.76 Å². The van der Waals surface area contributed by atoms with E-state index in [4.69, 9.17) is 4.74 Å². The number of phenolic OH excluding ortho intramolecular Hbond substituents is 1. The van der Waals surface area contributed by atoms with Gasteiger partial charge in [-0.3, -0.25) is 19.5 Å². The standard InChI is InChI=1S/C23H25N3O5/c27-18-4-1-3-17(15-18)20-19(21(28)16-5-7-24-8-6-16)22(29)23(30)26(20)10-2-9-25-11-13-31-14-12-25/h1,3-8,15,20,27-28H,2,9-14H2/b21-19+. The number of amides is 1. The Labute approximate surface area is 180 Å². The van der Waals surface area contributed by atoms with E-state index < -0.39 is 17.7 Å². The summed E-state index contributed by atoms with van der Waals surface area (Å²) in [6.45, 7) is 4.21. The summed E-state index contributed by atoms with van der Waals surface area (Å²) in [5, 5.41) is 20.9. The van der Waals surface area contributed by atoms with Gasteiger partial charge in [0.25, 0.3) is 11.7 Å². The minimum absolute atomic E-state index is 0.0215. The molecule has 2 fully saturated rings. The van der Waals surface area contributed by atoms with Gasteiger partial charge >= 0.3 is 0 Å². The highest BCUT2D eigenvalue weighted by Gasteiger charge is 2.45. The molecule has 2 aromatic rings. The number of aliphatic hydroxyl groups is 1. The monoisotopic (exact) mass is 423 g/mol. The number of likely N-dealkylation sites (tertiary alicyclic amines) is 1. The van der Waals surface area contributed by atoms with Gasteiger partial charge in [0.05, 0.1) is 24.8 Å². The lowest BCUT2D eigenvalue weighted by atomic mass is 9.95. The van der Waals surface area contributed by atoms with Crippen LogP contribution in [0.3, 0.4) is 0 Å². The predicted molar refractivity (Wildman–Crippen MR) is 113 cm³/mol. The second-order valence-electron chi connectivity index (χ2n) is 7.63. The van der Waals surface area contributed by atoms with Crippen LogP contribution in [0.4, 0.5) is 0 Å². The van der Waals surface area contributed by atoms with Gasteiger partial charge in [0.15, 0.2) is 0 Å². The smallest absolute Gasteiger partial charge is 0.295 e. The molecule has 162 valence electrons. The van der Waals surface area contributed by atoms with Gasteiger partial charge in [0.2, 0.25) is 0 Å². The van der Waals surface area contributed by atoms with Crippen molar-refractivity contribution in [2.75, 3.05) is 39.4 Å². The SMILES string of the molecule is O=C1C(=O)N(CCCN2CCOCC2)C(c2cccc(O)c2)/C1=C(\O)c1ccncc1. The Kier molecular flexibility index (Phi) is 6.29. The first-order valence-corrected chi connectivity index (χ1v) is 10.3. The number of aliphatic hydroxyl groups excluding tert-OH is 1. The number of hydrogen-bond donors (Lipinski definition) is 2. The third kappa shape index (κ3) is 4.45. The Bertz CT molecular complexity index is 986. The largest absolute Gasteiger partial charge is 0.508 e. The highest BCUT2D eigenvalue weighted by atomic mass is 16.5. The number of morpholine rings is 1. The lowest BCUT2D eigenvalue weighted by Crippen LogP contribution is -2.38. The first kappa shape index (κ1) is 21.0. The fourth-order valence-corrected chi connectivity index (χ4v) is 4.11. The number of benzene rings is 1. The lowest BCUT2D eigenvalue weighted by Gasteiger charge is -2.29. The normalized spacial score (nSPS) is 21.5. The molecule has 2 aliphatic rings. The van der Waals surface area contributed by atoms with E-state index in [0.29, 0.717) is 37.3 Å². The molecule has 0 bridgehead atoms. The lowest BCUT2D eigenvalue weighted by molar-refractivity contribution is -0.140. The van der Waals surface area contributed by atoms with Crippen molar-refractivity contribution in [1.29, 1.82) is 0 Å². The molecule has 3 heterocycles. The third-order valence-electron chi connectivity index (χ3n) is 5.66.